The molecule has 2 heterocycles. The van der Waals surface area contributed by atoms with Crippen molar-refractivity contribution in [2.45, 2.75) is 25.3 Å². The van der Waals surface area contributed by atoms with E-state index in [0.717, 1.165) is 18.5 Å². The Balaban J connectivity index is 1.99. The van der Waals surface area contributed by atoms with Crippen molar-refractivity contribution in [3.63, 3.8) is 0 Å². The molecule has 0 unspecified atom stereocenters. The van der Waals surface area contributed by atoms with Gasteiger partial charge < -0.3 is 10.4 Å². The summed E-state index contributed by atoms with van der Waals surface area (Å²) in [6.45, 7) is 1.87. The molecule has 0 saturated heterocycles. The molecule has 0 amide bonds. The summed E-state index contributed by atoms with van der Waals surface area (Å²) in [6, 6.07) is 10.9. The van der Waals surface area contributed by atoms with E-state index in [-0.39, 0.29) is 12.1 Å². The molecule has 7 heteroatoms. The number of para-hydroxylation sites is 1. The summed E-state index contributed by atoms with van der Waals surface area (Å²) in [5, 5.41) is 14.0. The number of pyridine rings is 1. The Hall–Kier alpha value is -2.44. The fourth-order valence-electron chi connectivity index (χ4n) is 2.86. The molecule has 1 aliphatic carbocycles. The third-order valence-electron chi connectivity index (χ3n) is 4.51. The van der Waals surface area contributed by atoms with Crippen LogP contribution in [0.4, 0.5) is 5.82 Å². The van der Waals surface area contributed by atoms with Crippen LogP contribution in [0.3, 0.4) is 0 Å². The molecule has 25 heavy (non-hydrogen) atoms. The first-order valence-corrected chi connectivity index (χ1v) is 8.45. The fourth-order valence-corrected chi connectivity index (χ4v) is 3.09. The van der Waals surface area contributed by atoms with Gasteiger partial charge in [-0.3, -0.25) is 0 Å². The van der Waals surface area contributed by atoms with Crippen LogP contribution in [0, 0.1) is 6.92 Å². The highest BCUT2D eigenvalue weighted by molar-refractivity contribution is 6.32. The zero-order valence-electron chi connectivity index (χ0n) is 13.7. The molecule has 0 aliphatic heterocycles. The van der Waals surface area contributed by atoms with E-state index in [9.17, 15) is 9.90 Å². The van der Waals surface area contributed by atoms with Gasteiger partial charge in [0.2, 0.25) is 0 Å². The lowest BCUT2D eigenvalue weighted by Gasteiger charge is -2.18. The number of fused-ring (bicyclic) bond motifs is 1. The van der Waals surface area contributed by atoms with E-state index in [2.05, 4.69) is 15.3 Å². The molecule has 0 atom stereocenters. The minimum absolute atomic E-state index is 0.00304. The maximum Gasteiger partial charge on any atom is 0.355 e. The van der Waals surface area contributed by atoms with Crippen LogP contribution in [0.1, 0.15) is 18.5 Å². The maximum atomic E-state index is 12.8. The van der Waals surface area contributed by atoms with Crippen molar-refractivity contribution in [1.82, 2.24) is 14.5 Å². The normalized spacial score (nSPS) is 15.3. The van der Waals surface area contributed by atoms with Crippen molar-refractivity contribution < 1.29 is 5.11 Å². The maximum absolute atomic E-state index is 12.8. The van der Waals surface area contributed by atoms with E-state index in [4.69, 9.17) is 11.6 Å². The van der Waals surface area contributed by atoms with Crippen LogP contribution in [0.2, 0.25) is 5.02 Å². The smallest absolute Gasteiger partial charge is 0.355 e. The van der Waals surface area contributed by atoms with Crippen molar-refractivity contribution in [2.24, 2.45) is 0 Å². The number of aromatic nitrogens is 3. The van der Waals surface area contributed by atoms with Gasteiger partial charge in [-0.2, -0.15) is 4.98 Å². The predicted molar refractivity (Wildman–Crippen MR) is 97.6 cm³/mol. The quantitative estimate of drug-likeness (QED) is 0.751. The Bertz CT molecular complexity index is 1030. The highest BCUT2D eigenvalue weighted by Crippen LogP contribution is 2.39. The van der Waals surface area contributed by atoms with Gasteiger partial charge >= 0.3 is 5.69 Å². The fraction of sp³-hybridized carbons (Fsp3) is 0.278. The molecule has 6 nitrogen and oxygen atoms in total. The van der Waals surface area contributed by atoms with Gasteiger partial charge in [-0.25, -0.2) is 14.3 Å². The van der Waals surface area contributed by atoms with E-state index in [0.29, 0.717) is 27.6 Å². The standard InChI is InChI=1S/C18H17ClN4O2/c1-11-6-7-12-15(22-18(10-24)8-9-18)21-17(25)23(16(12)20-11)14-5-3-2-4-13(14)19/h2-7,24H,8-10H2,1H3,(H,21,22,25). The number of hydrogen-bond acceptors (Lipinski definition) is 5. The Morgan fingerprint density at radius 3 is 2.68 bits per heavy atom. The van der Waals surface area contributed by atoms with Gasteiger partial charge in [0.15, 0.2) is 5.65 Å². The van der Waals surface area contributed by atoms with Crippen LogP contribution in [-0.4, -0.2) is 31.8 Å². The summed E-state index contributed by atoms with van der Waals surface area (Å²) in [5.74, 6) is 0.447. The number of anilines is 1. The predicted octanol–water partition coefficient (Wildman–Crippen LogP) is 2.68. The van der Waals surface area contributed by atoms with Crippen LogP contribution < -0.4 is 11.0 Å². The number of aliphatic hydroxyl groups excluding tert-OH is 1. The molecule has 2 N–H and O–H groups in total. The number of nitrogens with zero attached hydrogens (tertiary/aromatic N) is 3. The molecule has 0 spiro atoms. The third-order valence-corrected chi connectivity index (χ3v) is 4.83. The lowest BCUT2D eigenvalue weighted by atomic mass is 10.2. The first-order valence-electron chi connectivity index (χ1n) is 8.07. The molecule has 1 aromatic carbocycles. The van der Waals surface area contributed by atoms with Gasteiger partial charge in [0.1, 0.15) is 5.82 Å². The average Bonchev–Trinajstić information content (AvgIpc) is 3.36. The Labute approximate surface area is 149 Å². The summed E-state index contributed by atoms with van der Waals surface area (Å²) < 4.78 is 1.42. The SMILES string of the molecule is Cc1ccc2c(NC3(CO)CC3)nc(=O)n(-c3ccccc3Cl)c2n1. The van der Waals surface area contributed by atoms with Crippen LogP contribution in [0.15, 0.2) is 41.2 Å². The molecular formula is C18H17ClN4O2. The van der Waals surface area contributed by atoms with Crippen LogP contribution in [0.25, 0.3) is 16.7 Å². The molecule has 1 saturated carbocycles. The first kappa shape index (κ1) is 16.1. The van der Waals surface area contributed by atoms with Gasteiger partial charge in [0.05, 0.1) is 28.2 Å². The lowest BCUT2D eigenvalue weighted by molar-refractivity contribution is 0.266. The molecule has 1 fully saturated rings. The Morgan fingerprint density at radius 1 is 1.24 bits per heavy atom. The van der Waals surface area contributed by atoms with Gasteiger partial charge in [-0.05, 0) is 44.0 Å². The molecule has 1 aliphatic rings. The monoisotopic (exact) mass is 356 g/mol. The van der Waals surface area contributed by atoms with Crippen molar-refractivity contribution in [3.05, 3.63) is 57.6 Å². The zero-order valence-corrected chi connectivity index (χ0v) is 14.4. The van der Waals surface area contributed by atoms with Crippen LogP contribution >= 0.6 is 11.6 Å². The Kier molecular flexibility index (Phi) is 3.74. The largest absolute Gasteiger partial charge is 0.394 e. The summed E-state index contributed by atoms with van der Waals surface area (Å²) in [6.07, 6.45) is 1.69. The van der Waals surface area contributed by atoms with E-state index in [1.54, 1.807) is 18.2 Å². The number of halogens is 1. The summed E-state index contributed by atoms with van der Waals surface area (Å²) in [4.78, 5) is 21.5. The highest BCUT2D eigenvalue weighted by Gasteiger charge is 2.42. The van der Waals surface area contributed by atoms with E-state index in [1.165, 1.54) is 4.57 Å². The summed E-state index contributed by atoms with van der Waals surface area (Å²) in [7, 11) is 0. The molecule has 2 aromatic heterocycles. The third kappa shape index (κ3) is 2.77. The summed E-state index contributed by atoms with van der Waals surface area (Å²) >= 11 is 6.29. The number of aliphatic hydroxyl groups is 1. The molecular weight excluding hydrogens is 340 g/mol. The van der Waals surface area contributed by atoms with E-state index >= 15 is 0 Å². The Morgan fingerprint density at radius 2 is 2.00 bits per heavy atom. The molecule has 128 valence electrons. The number of aryl methyl sites for hydroxylation is 1. The molecule has 3 aromatic rings. The van der Waals surface area contributed by atoms with Gasteiger partial charge in [-0.15, -0.1) is 0 Å². The molecule has 4 rings (SSSR count). The second kappa shape index (κ2) is 5.82. The van der Waals surface area contributed by atoms with Gasteiger partial charge in [-0.1, -0.05) is 23.7 Å². The van der Waals surface area contributed by atoms with Crippen molar-refractivity contribution in [2.75, 3.05) is 11.9 Å². The first-order chi connectivity index (χ1) is 12.0. The molecule has 0 radical (unpaired) electrons. The lowest BCUT2D eigenvalue weighted by Crippen LogP contribution is -2.30. The zero-order chi connectivity index (χ0) is 17.6. The number of hydrogen-bond donors (Lipinski definition) is 2. The average molecular weight is 357 g/mol. The van der Waals surface area contributed by atoms with Crippen LogP contribution in [-0.2, 0) is 0 Å². The number of nitrogens with one attached hydrogen (secondary N) is 1. The van der Waals surface area contributed by atoms with Gasteiger partial charge in [0, 0.05) is 5.69 Å². The second-order valence-corrected chi connectivity index (χ2v) is 6.82. The van der Waals surface area contributed by atoms with Gasteiger partial charge in [0.25, 0.3) is 0 Å². The minimum Gasteiger partial charge on any atom is -0.394 e. The number of benzene rings is 1. The van der Waals surface area contributed by atoms with Crippen molar-refractivity contribution in [3.8, 4) is 5.69 Å². The number of rotatable bonds is 4. The topological polar surface area (TPSA) is 80.0 Å². The molecule has 0 bridgehead atoms. The van der Waals surface area contributed by atoms with E-state index < -0.39 is 5.69 Å². The highest BCUT2D eigenvalue weighted by atomic mass is 35.5. The van der Waals surface area contributed by atoms with Crippen molar-refractivity contribution >= 4 is 28.5 Å². The van der Waals surface area contributed by atoms with Crippen LogP contribution in [0.5, 0.6) is 0 Å². The van der Waals surface area contributed by atoms with E-state index in [1.807, 2.05) is 25.1 Å². The summed E-state index contributed by atoms with van der Waals surface area (Å²) in [5.41, 5.74) is 0.973. The second-order valence-electron chi connectivity index (χ2n) is 6.42. The van der Waals surface area contributed by atoms with Crippen molar-refractivity contribution in [1.29, 1.82) is 0 Å². The minimum atomic E-state index is -0.463.